The fourth-order valence-electron chi connectivity index (χ4n) is 2.95. The summed E-state index contributed by atoms with van der Waals surface area (Å²) >= 11 is 0. The molecule has 1 fully saturated rings. The van der Waals surface area contributed by atoms with E-state index in [1.54, 1.807) is 0 Å². The molecular formula is C14H24N2O. The van der Waals surface area contributed by atoms with Crippen LogP contribution in [0.25, 0.3) is 0 Å². The highest BCUT2D eigenvalue weighted by Crippen LogP contribution is 2.38. The number of hydrogen-bond acceptors (Lipinski definition) is 3. The van der Waals surface area contributed by atoms with Gasteiger partial charge in [-0.1, -0.05) is 0 Å². The van der Waals surface area contributed by atoms with Gasteiger partial charge in [0.2, 0.25) is 0 Å². The predicted octanol–water partition coefficient (Wildman–Crippen LogP) is 2.85. The largest absolute Gasteiger partial charge is 0.465 e. The molecule has 1 saturated heterocycles. The van der Waals surface area contributed by atoms with E-state index in [4.69, 9.17) is 10.2 Å². The molecule has 2 atom stereocenters. The Morgan fingerprint density at radius 3 is 2.53 bits per heavy atom. The lowest BCUT2D eigenvalue weighted by Crippen LogP contribution is -2.46. The molecule has 0 bridgehead atoms. The van der Waals surface area contributed by atoms with Crippen LogP contribution >= 0.6 is 0 Å². The summed E-state index contributed by atoms with van der Waals surface area (Å²) in [6.07, 6.45) is 2.48. The van der Waals surface area contributed by atoms with E-state index in [2.05, 4.69) is 31.7 Å². The molecule has 1 aromatic rings. The maximum Gasteiger partial charge on any atom is 0.122 e. The van der Waals surface area contributed by atoms with Gasteiger partial charge in [0.15, 0.2) is 0 Å². The SMILES string of the molecule is Cc1ccc(C(C(C)N)N2CCCC2(C)C)o1. The summed E-state index contributed by atoms with van der Waals surface area (Å²) in [5, 5.41) is 0. The van der Waals surface area contributed by atoms with E-state index in [-0.39, 0.29) is 17.6 Å². The molecule has 0 aliphatic carbocycles. The van der Waals surface area contributed by atoms with Crippen LogP contribution in [-0.4, -0.2) is 23.0 Å². The van der Waals surface area contributed by atoms with Crippen LogP contribution in [0.2, 0.25) is 0 Å². The van der Waals surface area contributed by atoms with E-state index >= 15 is 0 Å². The number of nitrogens with two attached hydrogens (primary N) is 1. The fourth-order valence-corrected chi connectivity index (χ4v) is 2.95. The van der Waals surface area contributed by atoms with Crippen LogP contribution in [0.15, 0.2) is 16.5 Å². The Hall–Kier alpha value is -0.800. The third-order valence-corrected chi connectivity index (χ3v) is 3.85. The maximum atomic E-state index is 6.18. The lowest BCUT2D eigenvalue weighted by Gasteiger charge is -2.39. The lowest BCUT2D eigenvalue weighted by atomic mass is 9.97. The molecule has 2 unspecified atom stereocenters. The molecule has 0 radical (unpaired) electrons. The van der Waals surface area contributed by atoms with Crippen LogP contribution in [0.4, 0.5) is 0 Å². The van der Waals surface area contributed by atoms with Crippen molar-refractivity contribution in [3.8, 4) is 0 Å². The second-order valence-corrected chi connectivity index (χ2v) is 5.86. The van der Waals surface area contributed by atoms with Crippen molar-refractivity contribution in [2.45, 2.75) is 58.2 Å². The van der Waals surface area contributed by atoms with Crippen molar-refractivity contribution in [2.24, 2.45) is 5.73 Å². The zero-order valence-electron chi connectivity index (χ0n) is 11.4. The Bertz CT molecular complexity index is 381. The number of nitrogens with zero attached hydrogens (tertiary/aromatic N) is 1. The molecule has 3 heteroatoms. The number of hydrogen-bond donors (Lipinski definition) is 1. The zero-order chi connectivity index (χ0) is 12.6. The van der Waals surface area contributed by atoms with Gasteiger partial charge in [0.25, 0.3) is 0 Å². The van der Waals surface area contributed by atoms with Crippen LogP contribution < -0.4 is 5.73 Å². The minimum absolute atomic E-state index is 0.0814. The van der Waals surface area contributed by atoms with Crippen LogP contribution in [-0.2, 0) is 0 Å². The van der Waals surface area contributed by atoms with Gasteiger partial charge in [-0.3, -0.25) is 4.90 Å². The van der Waals surface area contributed by atoms with E-state index in [0.717, 1.165) is 18.1 Å². The van der Waals surface area contributed by atoms with E-state index in [0.29, 0.717) is 0 Å². The van der Waals surface area contributed by atoms with Crippen LogP contribution in [0.5, 0.6) is 0 Å². The molecule has 2 N–H and O–H groups in total. The third-order valence-electron chi connectivity index (χ3n) is 3.85. The second kappa shape index (κ2) is 4.46. The van der Waals surface area contributed by atoms with Crippen molar-refractivity contribution in [3.05, 3.63) is 23.7 Å². The van der Waals surface area contributed by atoms with Gasteiger partial charge in [-0.15, -0.1) is 0 Å². The van der Waals surface area contributed by atoms with Crippen LogP contribution in [0.3, 0.4) is 0 Å². The maximum absolute atomic E-state index is 6.18. The number of rotatable bonds is 3. The van der Waals surface area contributed by atoms with E-state index < -0.39 is 0 Å². The van der Waals surface area contributed by atoms with Crippen LogP contribution in [0, 0.1) is 6.92 Å². The Morgan fingerprint density at radius 2 is 2.12 bits per heavy atom. The lowest BCUT2D eigenvalue weighted by molar-refractivity contribution is 0.0864. The molecular weight excluding hydrogens is 212 g/mol. The molecule has 3 nitrogen and oxygen atoms in total. The van der Waals surface area contributed by atoms with E-state index in [9.17, 15) is 0 Å². The summed E-state index contributed by atoms with van der Waals surface area (Å²) in [6, 6.07) is 4.37. The Balaban J connectivity index is 2.30. The average Bonchev–Trinajstić information content (AvgIpc) is 2.75. The van der Waals surface area contributed by atoms with Gasteiger partial charge in [0.1, 0.15) is 11.5 Å². The predicted molar refractivity (Wildman–Crippen MR) is 69.9 cm³/mol. The Labute approximate surface area is 104 Å². The Morgan fingerprint density at radius 1 is 1.41 bits per heavy atom. The summed E-state index contributed by atoms with van der Waals surface area (Å²) in [5.41, 5.74) is 6.40. The van der Waals surface area contributed by atoms with Crippen molar-refractivity contribution in [3.63, 3.8) is 0 Å². The molecule has 2 heterocycles. The quantitative estimate of drug-likeness (QED) is 0.877. The van der Waals surface area contributed by atoms with Crippen molar-refractivity contribution in [1.29, 1.82) is 0 Å². The first kappa shape index (κ1) is 12.7. The van der Waals surface area contributed by atoms with Gasteiger partial charge in [0.05, 0.1) is 6.04 Å². The summed E-state index contributed by atoms with van der Waals surface area (Å²) in [7, 11) is 0. The minimum atomic E-state index is 0.0814. The smallest absolute Gasteiger partial charge is 0.122 e. The molecule has 0 amide bonds. The first-order chi connectivity index (χ1) is 7.92. The number of aryl methyl sites for hydroxylation is 1. The molecule has 0 saturated carbocycles. The first-order valence-corrected chi connectivity index (χ1v) is 6.50. The second-order valence-electron chi connectivity index (χ2n) is 5.86. The van der Waals surface area contributed by atoms with Gasteiger partial charge in [0, 0.05) is 11.6 Å². The summed E-state index contributed by atoms with van der Waals surface area (Å²) in [4.78, 5) is 2.50. The van der Waals surface area contributed by atoms with Crippen molar-refractivity contribution >= 4 is 0 Å². The topological polar surface area (TPSA) is 42.4 Å². The van der Waals surface area contributed by atoms with Gasteiger partial charge in [-0.2, -0.15) is 0 Å². The number of likely N-dealkylation sites (tertiary alicyclic amines) is 1. The highest BCUT2D eigenvalue weighted by Gasteiger charge is 2.39. The van der Waals surface area contributed by atoms with Gasteiger partial charge >= 0.3 is 0 Å². The Kier molecular flexibility index (Phi) is 3.32. The van der Waals surface area contributed by atoms with Crippen molar-refractivity contribution in [1.82, 2.24) is 4.90 Å². The first-order valence-electron chi connectivity index (χ1n) is 6.50. The standard InChI is InChI=1S/C14H24N2O/c1-10-6-7-12(17-10)13(11(2)15)16-9-5-8-14(16,3)4/h6-7,11,13H,5,8-9,15H2,1-4H3. The highest BCUT2D eigenvalue weighted by atomic mass is 16.3. The van der Waals surface area contributed by atoms with E-state index in [1.165, 1.54) is 12.8 Å². The molecule has 1 aliphatic rings. The van der Waals surface area contributed by atoms with E-state index in [1.807, 2.05) is 13.0 Å². The zero-order valence-corrected chi connectivity index (χ0v) is 11.4. The molecule has 0 aromatic carbocycles. The molecule has 2 rings (SSSR count). The van der Waals surface area contributed by atoms with Crippen molar-refractivity contribution in [2.75, 3.05) is 6.54 Å². The molecule has 1 aliphatic heterocycles. The normalized spacial score (nSPS) is 23.8. The summed E-state index contributed by atoms with van der Waals surface area (Å²) in [6.45, 7) is 9.75. The minimum Gasteiger partial charge on any atom is -0.465 e. The average molecular weight is 236 g/mol. The monoisotopic (exact) mass is 236 g/mol. The third kappa shape index (κ3) is 2.40. The number of furan rings is 1. The van der Waals surface area contributed by atoms with Gasteiger partial charge < -0.3 is 10.2 Å². The molecule has 1 aromatic heterocycles. The summed E-state index contributed by atoms with van der Waals surface area (Å²) in [5.74, 6) is 1.97. The van der Waals surface area contributed by atoms with Crippen LogP contribution in [0.1, 0.15) is 51.2 Å². The fraction of sp³-hybridized carbons (Fsp3) is 0.714. The summed E-state index contributed by atoms with van der Waals surface area (Å²) < 4.78 is 5.79. The molecule has 96 valence electrons. The van der Waals surface area contributed by atoms with Crippen molar-refractivity contribution < 1.29 is 4.42 Å². The van der Waals surface area contributed by atoms with Gasteiger partial charge in [-0.05, 0) is 59.2 Å². The highest BCUT2D eigenvalue weighted by molar-refractivity contribution is 5.13. The van der Waals surface area contributed by atoms with Gasteiger partial charge in [-0.25, -0.2) is 0 Å². The molecule has 17 heavy (non-hydrogen) atoms. The molecule has 0 spiro atoms.